The van der Waals surface area contributed by atoms with Gasteiger partial charge in [0.25, 0.3) is 0 Å². The molecule has 1 saturated heterocycles. The van der Waals surface area contributed by atoms with Crippen LogP contribution in [0.3, 0.4) is 0 Å². The van der Waals surface area contributed by atoms with Gasteiger partial charge in [0.2, 0.25) is 0 Å². The van der Waals surface area contributed by atoms with Gasteiger partial charge in [-0.05, 0) is 60.1 Å². The van der Waals surface area contributed by atoms with Crippen LogP contribution in [-0.2, 0) is 9.31 Å². The van der Waals surface area contributed by atoms with Crippen LogP contribution in [-0.4, -0.2) is 27.9 Å². The van der Waals surface area contributed by atoms with Gasteiger partial charge in [0.15, 0.2) is 0 Å². The van der Waals surface area contributed by atoms with Crippen molar-refractivity contribution in [3.63, 3.8) is 0 Å². The van der Waals surface area contributed by atoms with Crippen LogP contribution in [0, 0.1) is 6.92 Å². The highest BCUT2D eigenvalue weighted by atomic mass is 16.7. The number of aryl methyl sites for hydroxylation is 1. The molecule has 118 valence electrons. The lowest BCUT2D eigenvalue weighted by Gasteiger charge is -2.32. The predicted molar refractivity (Wildman–Crippen MR) is 90.6 cm³/mol. The van der Waals surface area contributed by atoms with E-state index < -0.39 is 0 Å². The van der Waals surface area contributed by atoms with Crippen molar-refractivity contribution in [3.05, 3.63) is 24.0 Å². The van der Waals surface area contributed by atoms with Crippen LogP contribution in [0.1, 0.15) is 53.1 Å². The maximum Gasteiger partial charge on any atom is 0.497 e. The zero-order valence-corrected chi connectivity index (χ0v) is 14.6. The molecule has 1 aliphatic rings. The highest BCUT2D eigenvalue weighted by Gasteiger charge is 2.52. The number of rotatable bonds is 2. The van der Waals surface area contributed by atoms with Gasteiger partial charge in [-0.3, -0.25) is 0 Å². The first-order chi connectivity index (χ1) is 10.1. The van der Waals surface area contributed by atoms with E-state index >= 15 is 0 Å². The molecule has 2 aromatic heterocycles. The third-order valence-corrected chi connectivity index (χ3v) is 4.90. The normalized spacial score (nSPS) is 20.3. The number of fused-ring (bicyclic) bond motifs is 1. The first-order valence-corrected chi connectivity index (χ1v) is 7.95. The Morgan fingerprint density at radius 1 is 1.14 bits per heavy atom. The zero-order chi connectivity index (χ0) is 16.3. The van der Waals surface area contributed by atoms with E-state index in [1.54, 1.807) is 0 Å². The lowest BCUT2D eigenvalue weighted by molar-refractivity contribution is 0.00578. The van der Waals surface area contributed by atoms with Crippen LogP contribution in [0.4, 0.5) is 0 Å². The third kappa shape index (κ3) is 2.27. The Morgan fingerprint density at radius 3 is 2.27 bits per heavy atom. The van der Waals surface area contributed by atoms with Gasteiger partial charge in [0.1, 0.15) is 5.65 Å². The molecule has 4 nitrogen and oxygen atoms in total. The summed E-state index contributed by atoms with van der Waals surface area (Å²) in [4.78, 5) is 4.62. The van der Waals surface area contributed by atoms with Crippen molar-refractivity contribution in [2.45, 2.75) is 65.7 Å². The minimum atomic E-state index is -0.351. The van der Waals surface area contributed by atoms with Crippen molar-refractivity contribution in [2.24, 2.45) is 0 Å². The average Bonchev–Trinajstić information content (AvgIpc) is 2.84. The highest BCUT2D eigenvalue weighted by molar-refractivity contribution is 6.65. The summed E-state index contributed by atoms with van der Waals surface area (Å²) in [6, 6.07) is 2.51. The van der Waals surface area contributed by atoms with E-state index in [1.165, 1.54) is 0 Å². The minimum absolute atomic E-state index is 0.332. The molecule has 0 aliphatic carbocycles. The fourth-order valence-electron chi connectivity index (χ4n) is 2.81. The molecule has 1 aliphatic heterocycles. The largest absolute Gasteiger partial charge is 0.497 e. The zero-order valence-electron chi connectivity index (χ0n) is 14.6. The number of hydrogen-bond acceptors (Lipinski definition) is 3. The summed E-state index contributed by atoms with van der Waals surface area (Å²) in [5.74, 6) is 0. The van der Waals surface area contributed by atoms with Crippen molar-refractivity contribution < 1.29 is 9.31 Å². The van der Waals surface area contributed by atoms with Gasteiger partial charge >= 0.3 is 7.12 Å². The second-order valence-electron chi connectivity index (χ2n) is 7.56. The molecule has 22 heavy (non-hydrogen) atoms. The molecule has 0 atom stereocenters. The molecule has 0 N–H and O–H groups in total. The first kappa shape index (κ1) is 15.6. The summed E-state index contributed by atoms with van der Waals surface area (Å²) >= 11 is 0. The number of pyridine rings is 1. The molecule has 5 heteroatoms. The smallest absolute Gasteiger partial charge is 0.399 e. The van der Waals surface area contributed by atoms with Gasteiger partial charge in [0.05, 0.1) is 11.2 Å². The quantitative estimate of drug-likeness (QED) is 0.799. The maximum absolute atomic E-state index is 6.23. The van der Waals surface area contributed by atoms with Crippen molar-refractivity contribution in [2.75, 3.05) is 0 Å². The predicted octanol–water partition coefficient (Wildman–Crippen LogP) is 3.22. The molecule has 1 fully saturated rings. The van der Waals surface area contributed by atoms with Gasteiger partial charge in [-0.2, -0.15) is 0 Å². The van der Waals surface area contributed by atoms with E-state index in [9.17, 15) is 0 Å². The summed E-state index contributed by atoms with van der Waals surface area (Å²) in [6.07, 6.45) is 4.04. The maximum atomic E-state index is 6.23. The third-order valence-electron chi connectivity index (χ3n) is 4.90. The summed E-state index contributed by atoms with van der Waals surface area (Å²) in [6.45, 7) is 14.7. The molecule has 0 saturated carbocycles. The Morgan fingerprint density at radius 2 is 1.73 bits per heavy atom. The summed E-state index contributed by atoms with van der Waals surface area (Å²) in [7, 11) is -0.351. The van der Waals surface area contributed by atoms with E-state index in [2.05, 4.69) is 70.3 Å². The fraction of sp³-hybridized carbons (Fsp3) is 0.588. The van der Waals surface area contributed by atoms with Crippen molar-refractivity contribution in [3.8, 4) is 0 Å². The second kappa shape index (κ2) is 4.83. The van der Waals surface area contributed by atoms with Gasteiger partial charge in [-0.15, -0.1) is 0 Å². The standard InChI is InChI=1S/C17H25BN2O2/c1-11(2)20-10-14(13-8-12(3)9-19-15(13)20)18-21-16(4,5)17(6,7)22-18/h8-11H,1-7H3. The lowest BCUT2D eigenvalue weighted by atomic mass is 9.79. The second-order valence-corrected chi connectivity index (χ2v) is 7.56. The van der Waals surface area contributed by atoms with Crippen molar-refractivity contribution in [1.29, 1.82) is 0 Å². The Labute approximate surface area is 133 Å². The molecule has 0 radical (unpaired) electrons. The molecule has 0 aromatic carbocycles. The van der Waals surface area contributed by atoms with Gasteiger partial charge < -0.3 is 13.9 Å². The van der Waals surface area contributed by atoms with Crippen LogP contribution in [0.15, 0.2) is 18.5 Å². The van der Waals surface area contributed by atoms with Gasteiger partial charge in [0, 0.05) is 29.3 Å². The number of nitrogens with zero attached hydrogens (tertiary/aromatic N) is 2. The summed E-state index contributed by atoms with van der Waals surface area (Å²) < 4.78 is 14.6. The average molecular weight is 300 g/mol. The topological polar surface area (TPSA) is 36.3 Å². The van der Waals surface area contributed by atoms with E-state index in [0.717, 1.165) is 22.1 Å². The van der Waals surface area contributed by atoms with Crippen LogP contribution in [0.2, 0.25) is 0 Å². The van der Waals surface area contributed by atoms with E-state index in [4.69, 9.17) is 9.31 Å². The van der Waals surface area contributed by atoms with Crippen LogP contribution in [0.25, 0.3) is 11.0 Å². The van der Waals surface area contributed by atoms with Gasteiger partial charge in [-0.1, -0.05) is 0 Å². The summed E-state index contributed by atoms with van der Waals surface area (Å²) in [5, 5.41) is 1.12. The molecular formula is C17H25BN2O2. The van der Waals surface area contributed by atoms with Crippen LogP contribution >= 0.6 is 0 Å². The molecule has 0 bridgehead atoms. The Hall–Kier alpha value is -1.33. The van der Waals surface area contributed by atoms with Crippen LogP contribution in [0.5, 0.6) is 0 Å². The Bertz CT molecular complexity index is 703. The monoisotopic (exact) mass is 300 g/mol. The fourth-order valence-corrected chi connectivity index (χ4v) is 2.81. The lowest BCUT2D eigenvalue weighted by Crippen LogP contribution is -2.41. The number of aromatic nitrogens is 2. The molecule has 2 aromatic rings. The Kier molecular flexibility index (Phi) is 3.42. The minimum Gasteiger partial charge on any atom is -0.399 e. The molecule has 0 unspecified atom stereocenters. The Balaban J connectivity index is 2.14. The molecule has 0 spiro atoms. The van der Waals surface area contributed by atoms with E-state index in [0.29, 0.717) is 6.04 Å². The van der Waals surface area contributed by atoms with Gasteiger partial charge in [-0.25, -0.2) is 4.98 Å². The SMILES string of the molecule is Cc1cnc2c(c1)c(B1OC(C)(C)C(C)(C)O1)cn2C(C)C. The molecule has 3 heterocycles. The van der Waals surface area contributed by atoms with E-state index in [1.807, 2.05) is 6.20 Å². The molecule has 3 rings (SSSR count). The number of hydrogen-bond donors (Lipinski definition) is 0. The van der Waals surface area contributed by atoms with Crippen molar-refractivity contribution in [1.82, 2.24) is 9.55 Å². The van der Waals surface area contributed by atoms with Crippen molar-refractivity contribution >= 4 is 23.6 Å². The molecular weight excluding hydrogens is 275 g/mol. The highest BCUT2D eigenvalue weighted by Crippen LogP contribution is 2.37. The summed E-state index contributed by atoms with van der Waals surface area (Å²) in [5.41, 5.74) is 2.54. The first-order valence-electron chi connectivity index (χ1n) is 7.95. The van der Waals surface area contributed by atoms with E-state index in [-0.39, 0.29) is 18.3 Å². The molecule has 0 amide bonds. The van der Waals surface area contributed by atoms with Crippen LogP contribution < -0.4 is 5.46 Å².